The lowest BCUT2D eigenvalue weighted by Crippen LogP contribution is -2.50. The molecule has 2 aliphatic rings. The number of fused-ring (bicyclic) bond motifs is 1. The van der Waals surface area contributed by atoms with Crippen molar-refractivity contribution in [2.24, 2.45) is 5.92 Å². The molecular formula is C18H22N4O3. The van der Waals surface area contributed by atoms with E-state index in [1.807, 2.05) is 6.07 Å². The van der Waals surface area contributed by atoms with E-state index in [1.54, 1.807) is 18.6 Å². The van der Waals surface area contributed by atoms with E-state index >= 15 is 0 Å². The number of morpholine rings is 1. The molecule has 7 nitrogen and oxygen atoms in total. The second-order valence-electron chi connectivity index (χ2n) is 6.68. The first-order valence-corrected chi connectivity index (χ1v) is 8.73. The number of carbonyl (C=O) groups is 1. The molecule has 3 unspecified atom stereocenters. The van der Waals surface area contributed by atoms with Crippen molar-refractivity contribution >= 4 is 5.91 Å². The zero-order valence-electron chi connectivity index (χ0n) is 14.0. The van der Waals surface area contributed by atoms with E-state index in [9.17, 15) is 4.79 Å². The molecule has 1 amide bonds. The number of hydrogen-bond acceptors (Lipinski definition) is 6. The molecule has 25 heavy (non-hydrogen) atoms. The molecule has 0 spiro atoms. The lowest BCUT2D eigenvalue weighted by molar-refractivity contribution is -0.0757. The Hall–Kier alpha value is -2.25. The van der Waals surface area contributed by atoms with Gasteiger partial charge in [0.1, 0.15) is 0 Å². The molecule has 1 saturated heterocycles. The van der Waals surface area contributed by atoms with Gasteiger partial charge in [-0.05, 0) is 25.0 Å². The van der Waals surface area contributed by atoms with Gasteiger partial charge in [-0.3, -0.25) is 9.69 Å². The number of amides is 1. The van der Waals surface area contributed by atoms with Crippen LogP contribution >= 0.6 is 0 Å². The van der Waals surface area contributed by atoms with Crippen molar-refractivity contribution in [2.75, 3.05) is 19.7 Å². The predicted molar refractivity (Wildman–Crippen MR) is 89.7 cm³/mol. The van der Waals surface area contributed by atoms with Crippen molar-refractivity contribution in [3.63, 3.8) is 0 Å². The first kappa shape index (κ1) is 16.2. The first-order valence-electron chi connectivity index (χ1n) is 8.73. The van der Waals surface area contributed by atoms with E-state index in [0.717, 1.165) is 32.5 Å². The number of ether oxygens (including phenoxy) is 1. The van der Waals surface area contributed by atoms with E-state index in [2.05, 4.69) is 20.4 Å². The van der Waals surface area contributed by atoms with Crippen LogP contribution in [0, 0.1) is 5.92 Å². The molecule has 1 saturated carbocycles. The quantitative estimate of drug-likeness (QED) is 0.886. The van der Waals surface area contributed by atoms with E-state index in [1.165, 1.54) is 18.0 Å². The maximum Gasteiger partial charge on any atom is 0.252 e. The van der Waals surface area contributed by atoms with Crippen LogP contribution in [0.3, 0.4) is 0 Å². The lowest BCUT2D eigenvalue weighted by atomic mass is 10.0. The summed E-state index contributed by atoms with van der Waals surface area (Å²) in [5, 5.41) is 10.5. The largest absolute Gasteiger partial charge is 0.472 e. The summed E-state index contributed by atoms with van der Waals surface area (Å²) in [5.74, 6) is 0.236. The topological polar surface area (TPSA) is 80.5 Å². The van der Waals surface area contributed by atoms with Gasteiger partial charge in [0.15, 0.2) is 0 Å². The second-order valence-corrected chi connectivity index (χ2v) is 6.68. The van der Waals surface area contributed by atoms with Crippen molar-refractivity contribution in [2.45, 2.75) is 31.5 Å². The van der Waals surface area contributed by atoms with Gasteiger partial charge in [-0.2, -0.15) is 10.2 Å². The van der Waals surface area contributed by atoms with Gasteiger partial charge in [0.25, 0.3) is 5.91 Å². The molecule has 1 aliphatic heterocycles. The Morgan fingerprint density at radius 3 is 3.08 bits per heavy atom. The third-order valence-electron chi connectivity index (χ3n) is 5.17. The molecule has 2 fully saturated rings. The highest BCUT2D eigenvalue weighted by Crippen LogP contribution is 2.35. The minimum atomic E-state index is -0.107. The van der Waals surface area contributed by atoms with Gasteiger partial charge in [0.05, 0.1) is 43.2 Å². The standard InChI is InChI=1S/C18H22N4O3/c23-18(15-3-5-20-21-10-15)19-9-14-1-2-16-17(14)25-8-6-22(16)11-13-4-7-24-12-13/h3-5,7,10,12,14,16-17H,1-2,6,8-9,11H2,(H,19,23). The number of nitrogens with zero attached hydrogens (tertiary/aromatic N) is 3. The average molecular weight is 342 g/mol. The molecular weight excluding hydrogens is 320 g/mol. The molecule has 7 heteroatoms. The van der Waals surface area contributed by atoms with Gasteiger partial charge < -0.3 is 14.5 Å². The fourth-order valence-electron chi connectivity index (χ4n) is 3.92. The van der Waals surface area contributed by atoms with Crippen molar-refractivity contribution < 1.29 is 13.9 Å². The summed E-state index contributed by atoms with van der Waals surface area (Å²) in [6.07, 6.45) is 8.87. The van der Waals surface area contributed by atoms with Crippen LogP contribution in [0.25, 0.3) is 0 Å². The number of nitrogens with one attached hydrogen (secondary N) is 1. The lowest BCUT2D eigenvalue weighted by Gasteiger charge is -2.39. The minimum absolute atomic E-state index is 0.107. The third-order valence-corrected chi connectivity index (χ3v) is 5.17. The van der Waals surface area contributed by atoms with Gasteiger partial charge in [-0.1, -0.05) is 0 Å². The Kier molecular flexibility index (Phi) is 4.76. The van der Waals surface area contributed by atoms with Crippen molar-refractivity contribution in [1.82, 2.24) is 20.4 Å². The smallest absolute Gasteiger partial charge is 0.252 e. The van der Waals surface area contributed by atoms with Crippen molar-refractivity contribution in [1.29, 1.82) is 0 Å². The summed E-state index contributed by atoms with van der Waals surface area (Å²) in [4.78, 5) is 14.7. The molecule has 1 N–H and O–H groups in total. The maximum absolute atomic E-state index is 12.2. The van der Waals surface area contributed by atoms with Crippen LogP contribution in [0.15, 0.2) is 41.5 Å². The highest BCUT2D eigenvalue weighted by molar-refractivity contribution is 5.93. The number of rotatable bonds is 5. The van der Waals surface area contributed by atoms with E-state index in [-0.39, 0.29) is 12.0 Å². The van der Waals surface area contributed by atoms with Gasteiger partial charge in [0, 0.05) is 37.2 Å². The summed E-state index contributed by atoms with van der Waals surface area (Å²) in [6.45, 7) is 3.19. The summed E-state index contributed by atoms with van der Waals surface area (Å²) in [5.41, 5.74) is 1.73. The van der Waals surface area contributed by atoms with E-state index in [4.69, 9.17) is 9.15 Å². The summed E-state index contributed by atoms with van der Waals surface area (Å²) >= 11 is 0. The summed E-state index contributed by atoms with van der Waals surface area (Å²) < 4.78 is 11.2. The zero-order valence-corrected chi connectivity index (χ0v) is 14.0. The Morgan fingerprint density at radius 2 is 2.28 bits per heavy atom. The van der Waals surface area contributed by atoms with Crippen LogP contribution in [0.2, 0.25) is 0 Å². The van der Waals surface area contributed by atoms with Gasteiger partial charge in [-0.25, -0.2) is 0 Å². The van der Waals surface area contributed by atoms with Crippen LogP contribution < -0.4 is 5.32 Å². The fourth-order valence-corrected chi connectivity index (χ4v) is 3.92. The first-order chi connectivity index (χ1) is 12.3. The molecule has 2 aromatic heterocycles. The maximum atomic E-state index is 12.2. The van der Waals surface area contributed by atoms with Crippen LogP contribution in [-0.4, -0.2) is 52.8 Å². The molecule has 3 heterocycles. The molecule has 0 radical (unpaired) electrons. The highest BCUT2D eigenvalue weighted by Gasteiger charge is 2.42. The molecule has 1 aliphatic carbocycles. The molecule has 132 valence electrons. The summed E-state index contributed by atoms with van der Waals surface area (Å²) in [7, 11) is 0. The highest BCUT2D eigenvalue weighted by atomic mass is 16.5. The number of furan rings is 1. The van der Waals surface area contributed by atoms with Crippen LogP contribution in [-0.2, 0) is 11.3 Å². The van der Waals surface area contributed by atoms with Gasteiger partial charge in [-0.15, -0.1) is 0 Å². The van der Waals surface area contributed by atoms with Gasteiger partial charge in [0.2, 0.25) is 0 Å². The molecule has 4 rings (SSSR count). The molecule has 0 aromatic carbocycles. The normalized spacial score (nSPS) is 26.3. The Bertz CT molecular complexity index is 692. The molecule has 0 bridgehead atoms. The van der Waals surface area contributed by atoms with Crippen molar-refractivity contribution in [3.8, 4) is 0 Å². The van der Waals surface area contributed by atoms with Crippen LogP contribution in [0.5, 0.6) is 0 Å². The van der Waals surface area contributed by atoms with E-state index in [0.29, 0.717) is 24.1 Å². The SMILES string of the molecule is O=C(NCC1CCC2C1OCCN2Cc1ccoc1)c1ccnnc1. The number of aromatic nitrogens is 2. The average Bonchev–Trinajstić information content (AvgIpc) is 3.31. The second kappa shape index (κ2) is 7.33. The Morgan fingerprint density at radius 1 is 1.32 bits per heavy atom. The van der Waals surface area contributed by atoms with Crippen molar-refractivity contribution in [3.05, 3.63) is 48.2 Å². The Labute approximate surface area is 146 Å². The van der Waals surface area contributed by atoms with E-state index < -0.39 is 0 Å². The number of carbonyl (C=O) groups excluding carboxylic acids is 1. The van der Waals surface area contributed by atoms with Gasteiger partial charge >= 0.3 is 0 Å². The zero-order chi connectivity index (χ0) is 17.1. The third kappa shape index (κ3) is 3.57. The predicted octanol–water partition coefficient (Wildman–Crippen LogP) is 1.48. The fraction of sp³-hybridized carbons (Fsp3) is 0.500. The summed E-state index contributed by atoms with van der Waals surface area (Å²) in [6, 6.07) is 4.09. The minimum Gasteiger partial charge on any atom is -0.472 e. The number of hydrogen-bond donors (Lipinski definition) is 1. The van der Waals surface area contributed by atoms with Crippen LogP contribution in [0.1, 0.15) is 28.8 Å². The molecule has 2 aromatic rings. The molecule has 3 atom stereocenters. The Balaban J connectivity index is 1.34. The van der Waals surface area contributed by atoms with Crippen LogP contribution in [0.4, 0.5) is 0 Å². The monoisotopic (exact) mass is 342 g/mol.